The number of fused-ring (bicyclic) bond motifs is 1. The summed E-state index contributed by atoms with van der Waals surface area (Å²) >= 11 is 0. The van der Waals surface area contributed by atoms with Crippen molar-refractivity contribution in [3.63, 3.8) is 0 Å². The topological polar surface area (TPSA) is 55.3 Å². The minimum absolute atomic E-state index is 0.346. The highest BCUT2D eigenvalue weighted by Crippen LogP contribution is 2.42. The van der Waals surface area contributed by atoms with Gasteiger partial charge in [-0.1, -0.05) is 37.3 Å². The van der Waals surface area contributed by atoms with Crippen molar-refractivity contribution in [1.82, 2.24) is 4.90 Å². The molecule has 1 unspecified atom stereocenters. The maximum atomic E-state index is 5.59. The molecule has 2 aliphatic rings. The number of nitrogens with one attached hydrogen (secondary N) is 1. The Hall–Kier alpha value is -3.67. The molecule has 0 spiro atoms. The number of nitrogens with zero attached hydrogens (tertiary/aromatic N) is 2. The zero-order valence-electron chi connectivity index (χ0n) is 18.3. The third-order valence-electron chi connectivity index (χ3n) is 5.30. The van der Waals surface area contributed by atoms with E-state index in [-0.39, 0.29) is 0 Å². The molecule has 0 radical (unpaired) electrons. The molecule has 4 rings (SSSR count). The zero-order valence-corrected chi connectivity index (χ0v) is 18.3. The molecular weight excluding hydrogens is 390 g/mol. The maximum Gasteiger partial charge on any atom is 0.203 e. The fourth-order valence-corrected chi connectivity index (χ4v) is 3.77. The van der Waals surface area contributed by atoms with Crippen LogP contribution in [0, 0.1) is 5.92 Å². The van der Waals surface area contributed by atoms with Crippen molar-refractivity contribution in [2.45, 2.75) is 13.3 Å². The summed E-state index contributed by atoms with van der Waals surface area (Å²) in [5.41, 5.74) is 4.01. The minimum Gasteiger partial charge on any atom is -0.493 e. The second-order valence-corrected chi connectivity index (χ2v) is 7.41. The first-order valence-corrected chi connectivity index (χ1v) is 10.2. The van der Waals surface area contributed by atoms with Gasteiger partial charge in [0.2, 0.25) is 5.75 Å². The molecular formula is C25H27N3O3. The van der Waals surface area contributed by atoms with E-state index in [0.29, 0.717) is 23.2 Å². The number of hydrogen-bond donors (Lipinski definition) is 1. The number of benzene rings is 2. The lowest BCUT2D eigenvalue weighted by molar-refractivity contribution is 0.324. The van der Waals surface area contributed by atoms with Crippen molar-refractivity contribution in [2.24, 2.45) is 10.9 Å². The highest BCUT2D eigenvalue weighted by atomic mass is 16.5. The van der Waals surface area contributed by atoms with E-state index in [2.05, 4.69) is 34.3 Å². The van der Waals surface area contributed by atoms with Crippen LogP contribution in [0.15, 0.2) is 77.7 Å². The first-order valence-electron chi connectivity index (χ1n) is 10.2. The van der Waals surface area contributed by atoms with Gasteiger partial charge < -0.3 is 24.4 Å². The highest BCUT2D eigenvalue weighted by molar-refractivity contribution is 6.09. The molecule has 1 atom stereocenters. The van der Waals surface area contributed by atoms with E-state index in [1.54, 1.807) is 21.3 Å². The molecule has 0 aromatic heterocycles. The lowest BCUT2D eigenvalue weighted by atomic mass is 10.0. The van der Waals surface area contributed by atoms with Crippen LogP contribution in [0.25, 0.3) is 5.70 Å². The van der Waals surface area contributed by atoms with Crippen molar-refractivity contribution in [1.29, 1.82) is 0 Å². The van der Waals surface area contributed by atoms with E-state index in [9.17, 15) is 0 Å². The quantitative estimate of drug-likeness (QED) is 0.718. The third-order valence-corrected chi connectivity index (χ3v) is 5.30. The average molecular weight is 418 g/mol. The number of hydrogen-bond acceptors (Lipinski definition) is 6. The molecule has 0 bridgehead atoms. The normalized spacial score (nSPS) is 17.6. The van der Waals surface area contributed by atoms with E-state index in [1.807, 2.05) is 54.9 Å². The summed E-state index contributed by atoms with van der Waals surface area (Å²) in [7, 11) is 4.87. The molecule has 1 N–H and O–H groups in total. The van der Waals surface area contributed by atoms with Gasteiger partial charge in [0.1, 0.15) is 0 Å². The molecule has 2 heterocycles. The van der Waals surface area contributed by atoms with Crippen LogP contribution < -0.4 is 19.5 Å². The number of ether oxygens (including phenoxy) is 3. The van der Waals surface area contributed by atoms with Gasteiger partial charge in [-0.2, -0.15) is 0 Å². The number of allylic oxidation sites excluding steroid dienone is 2. The fourth-order valence-electron chi connectivity index (χ4n) is 3.77. The zero-order chi connectivity index (χ0) is 21.8. The number of methoxy groups -OCH3 is 3. The SMILES string of the molecule is COc1cc(C2=CC(C)CC=C3C(Nc4ccccc4)=NC=CN32)cc(OC)c1OC. The van der Waals surface area contributed by atoms with Crippen LogP contribution in [0.2, 0.25) is 0 Å². The summed E-state index contributed by atoms with van der Waals surface area (Å²) in [5, 5.41) is 3.45. The van der Waals surface area contributed by atoms with Crippen LogP contribution in [0.5, 0.6) is 17.2 Å². The van der Waals surface area contributed by atoms with Gasteiger partial charge in [0.25, 0.3) is 0 Å². The lowest BCUT2D eigenvalue weighted by Crippen LogP contribution is -2.28. The monoisotopic (exact) mass is 417 g/mol. The summed E-state index contributed by atoms with van der Waals surface area (Å²) in [6.07, 6.45) is 9.19. The van der Waals surface area contributed by atoms with Crippen LogP contribution in [0.4, 0.5) is 5.69 Å². The molecule has 0 saturated heterocycles. The first kappa shape index (κ1) is 20.6. The van der Waals surface area contributed by atoms with E-state index >= 15 is 0 Å². The summed E-state index contributed by atoms with van der Waals surface area (Å²) in [6, 6.07) is 14.0. The molecule has 160 valence electrons. The van der Waals surface area contributed by atoms with E-state index in [4.69, 9.17) is 14.2 Å². The lowest BCUT2D eigenvalue weighted by Gasteiger charge is -2.29. The number of amidine groups is 1. The van der Waals surface area contributed by atoms with E-state index in [1.165, 1.54) is 0 Å². The molecule has 6 heteroatoms. The Morgan fingerprint density at radius 3 is 2.32 bits per heavy atom. The second-order valence-electron chi connectivity index (χ2n) is 7.41. The van der Waals surface area contributed by atoms with Gasteiger partial charge in [-0.25, -0.2) is 4.99 Å². The summed E-state index contributed by atoms with van der Waals surface area (Å²) < 4.78 is 16.7. The standard InChI is InChI=1S/C25H27N3O3/c1-17-10-11-20-25(27-19-8-6-5-7-9-19)26-12-13-28(20)21(14-17)18-15-22(29-2)24(31-4)23(16-18)30-3/h5-9,11-17H,10H2,1-4H3,(H,26,27). The van der Waals surface area contributed by atoms with Crippen molar-refractivity contribution < 1.29 is 14.2 Å². The molecule has 31 heavy (non-hydrogen) atoms. The predicted molar refractivity (Wildman–Crippen MR) is 124 cm³/mol. The predicted octanol–water partition coefficient (Wildman–Crippen LogP) is 5.27. The molecule has 2 aromatic carbocycles. The molecule has 2 aliphatic heterocycles. The van der Waals surface area contributed by atoms with E-state index in [0.717, 1.165) is 34.9 Å². The average Bonchev–Trinajstić information content (AvgIpc) is 2.98. The smallest absolute Gasteiger partial charge is 0.203 e. The molecule has 0 saturated carbocycles. The summed E-state index contributed by atoms with van der Waals surface area (Å²) in [5.74, 6) is 2.98. The van der Waals surface area contributed by atoms with Crippen LogP contribution in [0.1, 0.15) is 18.9 Å². The van der Waals surface area contributed by atoms with Crippen LogP contribution in [0.3, 0.4) is 0 Å². The third kappa shape index (κ3) is 4.14. The van der Waals surface area contributed by atoms with Crippen LogP contribution in [-0.4, -0.2) is 32.1 Å². The van der Waals surface area contributed by atoms with Crippen molar-refractivity contribution >= 4 is 17.2 Å². The fraction of sp³-hybridized carbons (Fsp3) is 0.240. The van der Waals surface area contributed by atoms with Gasteiger partial charge in [-0.3, -0.25) is 0 Å². The van der Waals surface area contributed by atoms with Crippen LogP contribution in [-0.2, 0) is 0 Å². The van der Waals surface area contributed by atoms with Gasteiger partial charge in [-0.15, -0.1) is 0 Å². The summed E-state index contributed by atoms with van der Waals surface area (Å²) in [4.78, 5) is 6.77. The van der Waals surface area contributed by atoms with Gasteiger partial charge in [0.15, 0.2) is 17.3 Å². The van der Waals surface area contributed by atoms with Gasteiger partial charge in [0.05, 0.1) is 27.0 Å². The van der Waals surface area contributed by atoms with Gasteiger partial charge in [0, 0.05) is 29.3 Å². The van der Waals surface area contributed by atoms with Crippen LogP contribution >= 0.6 is 0 Å². The largest absolute Gasteiger partial charge is 0.493 e. The number of para-hydroxylation sites is 1. The molecule has 0 fully saturated rings. The second kappa shape index (κ2) is 9.00. The van der Waals surface area contributed by atoms with Crippen molar-refractivity contribution in [3.8, 4) is 17.2 Å². The number of aliphatic imine (C=N–C) groups is 1. The Morgan fingerprint density at radius 1 is 0.968 bits per heavy atom. The van der Waals surface area contributed by atoms with Crippen molar-refractivity contribution in [2.75, 3.05) is 26.6 Å². The molecule has 6 nitrogen and oxygen atoms in total. The minimum atomic E-state index is 0.346. The van der Waals surface area contributed by atoms with E-state index < -0.39 is 0 Å². The Kier molecular flexibility index (Phi) is 5.98. The van der Waals surface area contributed by atoms with Crippen molar-refractivity contribution in [3.05, 3.63) is 78.3 Å². The Bertz CT molecular complexity index is 1050. The summed E-state index contributed by atoms with van der Waals surface area (Å²) in [6.45, 7) is 2.21. The Balaban J connectivity index is 1.76. The Morgan fingerprint density at radius 2 is 1.68 bits per heavy atom. The Labute approximate surface area is 183 Å². The number of anilines is 1. The number of rotatable bonds is 5. The molecule has 2 aromatic rings. The first-order chi connectivity index (χ1) is 15.1. The van der Waals surface area contributed by atoms with Gasteiger partial charge >= 0.3 is 0 Å². The molecule has 0 amide bonds. The highest BCUT2D eigenvalue weighted by Gasteiger charge is 2.26. The maximum absolute atomic E-state index is 5.59. The molecule has 0 aliphatic carbocycles. The van der Waals surface area contributed by atoms with Gasteiger partial charge in [-0.05, 0) is 36.6 Å².